The Morgan fingerprint density at radius 1 is 1.00 bits per heavy atom. The second-order valence-corrected chi connectivity index (χ2v) is 7.40. The van der Waals surface area contributed by atoms with Crippen molar-refractivity contribution in [2.24, 2.45) is 11.8 Å². The number of rotatable bonds is 5. The summed E-state index contributed by atoms with van der Waals surface area (Å²) in [6.07, 6.45) is 2.78. The minimum atomic E-state index is -0.118. The third kappa shape index (κ3) is 4.98. The SMILES string of the molecule is Cc1cccc(CNC(=O)C2CCC(C(=O)Nc3ccccc3C#N)CC2)c1. The molecule has 2 aromatic carbocycles. The van der Waals surface area contributed by atoms with Gasteiger partial charge >= 0.3 is 0 Å². The molecular formula is C23H25N3O2. The molecule has 0 heterocycles. The van der Waals surface area contributed by atoms with Crippen molar-refractivity contribution in [2.45, 2.75) is 39.2 Å². The summed E-state index contributed by atoms with van der Waals surface area (Å²) < 4.78 is 0. The van der Waals surface area contributed by atoms with Gasteiger partial charge in [0.1, 0.15) is 6.07 Å². The average Bonchev–Trinajstić information content (AvgIpc) is 2.72. The zero-order chi connectivity index (χ0) is 19.9. The molecule has 1 aliphatic carbocycles. The van der Waals surface area contributed by atoms with Crippen LogP contribution in [-0.4, -0.2) is 11.8 Å². The van der Waals surface area contributed by atoms with E-state index in [1.165, 1.54) is 5.56 Å². The molecule has 3 rings (SSSR count). The quantitative estimate of drug-likeness (QED) is 0.831. The van der Waals surface area contributed by atoms with Gasteiger partial charge in [-0.25, -0.2) is 0 Å². The molecule has 1 saturated carbocycles. The zero-order valence-corrected chi connectivity index (χ0v) is 16.1. The van der Waals surface area contributed by atoms with Crippen molar-refractivity contribution in [1.29, 1.82) is 5.26 Å². The molecule has 1 fully saturated rings. The minimum absolute atomic E-state index is 0.0414. The van der Waals surface area contributed by atoms with Gasteiger partial charge < -0.3 is 10.6 Å². The van der Waals surface area contributed by atoms with E-state index < -0.39 is 0 Å². The number of carbonyl (C=O) groups is 2. The topological polar surface area (TPSA) is 82.0 Å². The van der Waals surface area contributed by atoms with Gasteiger partial charge in [-0.05, 0) is 50.3 Å². The summed E-state index contributed by atoms with van der Waals surface area (Å²) in [4.78, 5) is 25.0. The third-order valence-electron chi connectivity index (χ3n) is 5.32. The van der Waals surface area contributed by atoms with E-state index in [9.17, 15) is 9.59 Å². The molecule has 0 atom stereocenters. The largest absolute Gasteiger partial charge is 0.352 e. The predicted molar refractivity (Wildman–Crippen MR) is 108 cm³/mol. The third-order valence-corrected chi connectivity index (χ3v) is 5.32. The van der Waals surface area contributed by atoms with Crippen molar-refractivity contribution in [2.75, 3.05) is 5.32 Å². The molecule has 0 aliphatic heterocycles. The maximum Gasteiger partial charge on any atom is 0.227 e. The second kappa shape index (κ2) is 9.18. The fourth-order valence-corrected chi connectivity index (χ4v) is 3.70. The number of anilines is 1. The fraction of sp³-hybridized carbons (Fsp3) is 0.348. The van der Waals surface area contributed by atoms with E-state index in [0.29, 0.717) is 43.5 Å². The summed E-state index contributed by atoms with van der Waals surface area (Å²) in [5, 5.41) is 15.0. The standard InChI is InChI=1S/C23H25N3O2/c1-16-5-4-6-17(13-16)15-25-22(27)18-9-11-19(12-10-18)23(28)26-21-8-3-2-7-20(21)14-24/h2-8,13,18-19H,9-12,15H2,1H3,(H,25,27)(H,26,28). The van der Waals surface area contributed by atoms with Crippen molar-refractivity contribution in [3.05, 3.63) is 65.2 Å². The van der Waals surface area contributed by atoms with E-state index in [1.807, 2.05) is 25.1 Å². The number of amides is 2. The van der Waals surface area contributed by atoms with Crippen molar-refractivity contribution in [3.8, 4) is 6.07 Å². The van der Waals surface area contributed by atoms with E-state index in [0.717, 1.165) is 5.56 Å². The Kier molecular flexibility index (Phi) is 6.44. The van der Waals surface area contributed by atoms with Crippen LogP contribution in [-0.2, 0) is 16.1 Å². The first-order valence-electron chi connectivity index (χ1n) is 9.70. The van der Waals surface area contributed by atoms with Crippen molar-refractivity contribution >= 4 is 17.5 Å². The Morgan fingerprint density at radius 2 is 1.68 bits per heavy atom. The van der Waals surface area contributed by atoms with Crippen LogP contribution < -0.4 is 10.6 Å². The normalized spacial score (nSPS) is 18.7. The Morgan fingerprint density at radius 3 is 2.36 bits per heavy atom. The van der Waals surface area contributed by atoms with Gasteiger partial charge in [-0.2, -0.15) is 5.26 Å². The van der Waals surface area contributed by atoms with Crippen LogP contribution in [0, 0.1) is 30.1 Å². The zero-order valence-electron chi connectivity index (χ0n) is 16.1. The van der Waals surface area contributed by atoms with Gasteiger partial charge in [-0.3, -0.25) is 9.59 Å². The average molecular weight is 375 g/mol. The molecule has 0 radical (unpaired) electrons. The number of hydrogen-bond donors (Lipinski definition) is 2. The Balaban J connectivity index is 1.47. The van der Waals surface area contributed by atoms with Crippen LogP contribution >= 0.6 is 0 Å². The number of nitrogens with one attached hydrogen (secondary N) is 2. The Labute approximate surface area is 165 Å². The first-order chi connectivity index (χ1) is 13.6. The van der Waals surface area contributed by atoms with Gasteiger partial charge in [-0.15, -0.1) is 0 Å². The Bertz CT molecular complexity index is 893. The van der Waals surface area contributed by atoms with Gasteiger partial charge in [0.2, 0.25) is 11.8 Å². The van der Waals surface area contributed by atoms with E-state index in [1.54, 1.807) is 24.3 Å². The van der Waals surface area contributed by atoms with Crippen molar-refractivity contribution in [3.63, 3.8) is 0 Å². The highest BCUT2D eigenvalue weighted by Crippen LogP contribution is 2.30. The van der Waals surface area contributed by atoms with Crippen LogP contribution in [0.3, 0.4) is 0 Å². The highest BCUT2D eigenvalue weighted by molar-refractivity contribution is 5.94. The molecular weight excluding hydrogens is 350 g/mol. The molecule has 0 spiro atoms. The highest BCUT2D eigenvalue weighted by atomic mass is 16.2. The van der Waals surface area contributed by atoms with Crippen LogP contribution in [0.25, 0.3) is 0 Å². The molecule has 1 aliphatic rings. The molecule has 2 N–H and O–H groups in total. The summed E-state index contributed by atoms with van der Waals surface area (Å²) in [7, 11) is 0. The number of nitrogens with zero attached hydrogens (tertiary/aromatic N) is 1. The van der Waals surface area contributed by atoms with Gasteiger partial charge in [0, 0.05) is 18.4 Å². The summed E-state index contributed by atoms with van der Waals surface area (Å²) in [6.45, 7) is 2.57. The molecule has 0 saturated heterocycles. The van der Waals surface area contributed by atoms with E-state index in [-0.39, 0.29) is 23.7 Å². The lowest BCUT2D eigenvalue weighted by atomic mass is 9.81. The molecule has 0 bridgehead atoms. The number of carbonyl (C=O) groups excluding carboxylic acids is 2. The lowest BCUT2D eigenvalue weighted by molar-refractivity contribution is -0.128. The van der Waals surface area contributed by atoms with Crippen LogP contribution in [0.15, 0.2) is 48.5 Å². The monoisotopic (exact) mass is 375 g/mol. The lowest BCUT2D eigenvalue weighted by Crippen LogP contribution is -2.35. The predicted octanol–water partition coefficient (Wildman–Crippen LogP) is 3.93. The molecule has 2 amide bonds. The van der Waals surface area contributed by atoms with Crippen LogP contribution in [0.5, 0.6) is 0 Å². The summed E-state index contributed by atoms with van der Waals surface area (Å²) in [5.74, 6) is -0.163. The van der Waals surface area contributed by atoms with Crippen molar-refractivity contribution in [1.82, 2.24) is 5.32 Å². The number of aryl methyl sites for hydroxylation is 1. The van der Waals surface area contributed by atoms with Crippen LogP contribution in [0.4, 0.5) is 5.69 Å². The smallest absolute Gasteiger partial charge is 0.227 e. The van der Waals surface area contributed by atoms with E-state index in [2.05, 4.69) is 22.8 Å². The summed E-state index contributed by atoms with van der Waals surface area (Å²) >= 11 is 0. The van der Waals surface area contributed by atoms with Gasteiger partial charge in [0.25, 0.3) is 0 Å². The van der Waals surface area contributed by atoms with Crippen LogP contribution in [0.2, 0.25) is 0 Å². The van der Waals surface area contributed by atoms with Crippen LogP contribution in [0.1, 0.15) is 42.4 Å². The summed E-state index contributed by atoms with van der Waals surface area (Å²) in [5.41, 5.74) is 3.28. The minimum Gasteiger partial charge on any atom is -0.352 e. The molecule has 0 aromatic heterocycles. The molecule has 5 nitrogen and oxygen atoms in total. The van der Waals surface area contributed by atoms with Gasteiger partial charge in [0.05, 0.1) is 11.3 Å². The van der Waals surface area contributed by atoms with E-state index in [4.69, 9.17) is 5.26 Å². The summed E-state index contributed by atoms with van der Waals surface area (Å²) in [6, 6.07) is 17.2. The van der Waals surface area contributed by atoms with Gasteiger partial charge in [0.15, 0.2) is 0 Å². The molecule has 28 heavy (non-hydrogen) atoms. The number of nitriles is 1. The maximum atomic E-state index is 12.5. The highest BCUT2D eigenvalue weighted by Gasteiger charge is 2.30. The van der Waals surface area contributed by atoms with Gasteiger partial charge in [-0.1, -0.05) is 42.0 Å². The Hall–Kier alpha value is -3.13. The van der Waals surface area contributed by atoms with E-state index >= 15 is 0 Å². The van der Waals surface area contributed by atoms with Crippen molar-refractivity contribution < 1.29 is 9.59 Å². The molecule has 2 aromatic rings. The number of hydrogen-bond acceptors (Lipinski definition) is 3. The first kappa shape index (κ1) is 19.6. The molecule has 5 heteroatoms. The molecule has 144 valence electrons. The maximum absolute atomic E-state index is 12.5. The number of benzene rings is 2. The lowest BCUT2D eigenvalue weighted by Gasteiger charge is -2.27. The second-order valence-electron chi connectivity index (χ2n) is 7.40. The molecule has 0 unspecified atom stereocenters. The number of para-hydroxylation sites is 1. The first-order valence-corrected chi connectivity index (χ1v) is 9.70. The fourth-order valence-electron chi connectivity index (χ4n) is 3.70.